The molecule has 0 atom stereocenters. The van der Waals surface area contributed by atoms with Crippen LogP contribution in [0.15, 0.2) is 47.2 Å². The maximum atomic E-state index is 10.0. The van der Waals surface area contributed by atoms with Crippen molar-refractivity contribution in [2.24, 2.45) is 0 Å². The zero-order valence-corrected chi connectivity index (χ0v) is 21.8. The van der Waals surface area contributed by atoms with E-state index >= 15 is 0 Å². The van der Waals surface area contributed by atoms with E-state index in [4.69, 9.17) is 30.2 Å². The van der Waals surface area contributed by atoms with Crippen LogP contribution in [0.2, 0.25) is 5.02 Å². The van der Waals surface area contributed by atoms with E-state index in [1.165, 1.54) is 12.8 Å². The molecule has 8 nitrogen and oxygen atoms in total. The van der Waals surface area contributed by atoms with Crippen LogP contribution in [0, 0.1) is 11.3 Å². The highest BCUT2D eigenvalue weighted by atomic mass is 35.5. The first-order chi connectivity index (χ1) is 18.7. The number of fused-ring (bicyclic) bond motifs is 2. The predicted octanol–water partition coefficient (Wildman–Crippen LogP) is 6.28. The van der Waals surface area contributed by atoms with Crippen LogP contribution in [0.3, 0.4) is 0 Å². The minimum absolute atomic E-state index is 0.00807. The van der Waals surface area contributed by atoms with Crippen molar-refractivity contribution < 1.29 is 18.6 Å². The Hall–Kier alpha value is -3.51. The summed E-state index contributed by atoms with van der Waals surface area (Å²) in [5, 5.41) is 15.5. The number of benzene rings is 2. The molecule has 0 aliphatic carbocycles. The smallest absolute Gasteiger partial charge is 0.136 e. The fraction of sp³-hybridized carbons (Fsp3) is 0.379. The number of nitrogens with zero attached hydrogens (tertiary/aromatic N) is 3. The topological polar surface area (TPSA) is 92.8 Å². The molecular weight excluding hydrogens is 504 g/mol. The lowest BCUT2D eigenvalue weighted by Gasteiger charge is -2.25. The van der Waals surface area contributed by atoms with Crippen LogP contribution in [0.25, 0.3) is 21.9 Å². The first-order valence-electron chi connectivity index (χ1n) is 13.1. The SMILES string of the molecule is N#Cc1cnc2cc(OCCN3CCCC3)cc(OC3CCOCC3)c2c1Nc1c(Cl)ccc2occc12. The van der Waals surface area contributed by atoms with Gasteiger partial charge in [-0.25, -0.2) is 0 Å². The van der Waals surface area contributed by atoms with Crippen LogP contribution < -0.4 is 14.8 Å². The highest BCUT2D eigenvalue weighted by molar-refractivity contribution is 6.35. The van der Waals surface area contributed by atoms with Gasteiger partial charge >= 0.3 is 0 Å². The molecule has 0 radical (unpaired) electrons. The Morgan fingerprint density at radius 3 is 2.79 bits per heavy atom. The van der Waals surface area contributed by atoms with Crippen molar-refractivity contribution in [3.05, 3.63) is 53.4 Å². The summed E-state index contributed by atoms with van der Waals surface area (Å²) in [6.45, 7) is 5.02. The van der Waals surface area contributed by atoms with Crippen molar-refractivity contribution >= 4 is 44.8 Å². The summed E-state index contributed by atoms with van der Waals surface area (Å²) >= 11 is 6.62. The summed E-state index contributed by atoms with van der Waals surface area (Å²) in [4.78, 5) is 7.04. The number of likely N-dealkylation sites (tertiary alicyclic amines) is 1. The Bertz CT molecular complexity index is 1490. The number of rotatable bonds is 8. The van der Waals surface area contributed by atoms with Gasteiger partial charge in [-0.2, -0.15) is 5.26 Å². The van der Waals surface area contributed by atoms with Gasteiger partial charge in [0.05, 0.1) is 52.3 Å². The van der Waals surface area contributed by atoms with E-state index in [1.54, 1.807) is 18.5 Å². The van der Waals surface area contributed by atoms with Gasteiger partial charge < -0.3 is 23.9 Å². The Labute approximate surface area is 226 Å². The quantitative estimate of drug-likeness (QED) is 0.283. The summed E-state index contributed by atoms with van der Waals surface area (Å²) < 4.78 is 23.9. The zero-order chi connectivity index (χ0) is 25.9. The molecule has 38 heavy (non-hydrogen) atoms. The zero-order valence-electron chi connectivity index (χ0n) is 21.0. The van der Waals surface area contributed by atoms with Crippen LogP contribution in [-0.2, 0) is 4.74 Å². The van der Waals surface area contributed by atoms with Gasteiger partial charge in [0.1, 0.15) is 35.9 Å². The Morgan fingerprint density at radius 1 is 1.13 bits per heavy atom. The van der Waals surface area contributed by atoms with Crippen LogP contribution in [0.1, 0.15) is 31.2 Å². The number of aromatic nitrogens is 1. The highest BCUT2D eigenvalue weighted by Gasteiger charge is 2.22. The molecule has 0 bridgehead atoms. The van der Waals surface area contributed by atoms with E-state index in [-0.39, 0.29) is 6.10 Å². The molecule has 4 heterocycles. The average Bonchev–Trinajstić information content (AvgIpc) is 3.63. The second kappa shape index (κ2) is 11.1. The summed E-state index contributed by atoms with van der Waals surface area (Å²) in [6.07, 6.45) is 7.25. The number of hydrogen-bond donors (Lipinski definition) is 1. The van der Waals surface area contributed by atoms with Crippen LogP contribution in [-0.4, -0.2) is 55.4 Å². The monoisotopic (exact) mass is 532 g/mol. The Morgan fingerprint density at radius 2 is 1.97 bits per heavy atom. The molecule has 2 aliphatic rings. The van der Waals surface area contributed by atoms with Gasteiger partial charge in [-0.1, -0.05) is 11.6 Å². The molecule has 2 aromatic carbocycles. The lowest BCUT2D eigenvalue weighted by molar-refractivity contribution is 0.0261. The largest absolute Gasteiger partial charge is 0.492 e. The molecule has 0 unspecified atom stereocenters. The van der Waals surface area contributed by atoms with Crippen molar-refractivity contribution in [1.29, 1.82) is 5.26 Å². The van der Waals surface area contributed by atoms with Crippen molar-refractivity contribution in [3.63, 3.8) is 0 Å². The first-order valence-corrected chi connectivity index (χ1v) is 13.5. The van der Waals surface area contributed by atoms with Gasteiger partial charge in [0, 0.05) is 43.1 Å². The average molecular weight is 533 g/mol. The fourth-order valence-electron chi connectivity index (χ4n) is 5.20. The van der Waals surface area contributed by atoms with Crippen LogP contribution in [0.5, 0.6) is 11.5 Å². The Balaban J connectivity index is 1.42. The highest BCUT2D eigenvalue weighted by Crippen LogP contribution is 2.42. The van der Waals surface area contributed by atoms with Crippen molar-refractivity contribution in [2.75, 3.05) is 44.8 Å². The standard InChI is InChI=1S/C29H29ClN4O4/c30-23-3-4-25-22(7-13-37-25)29(23)33-28-19(17-31)18-32-24-15-21(36-14-10-34-8-1-2-9-34)16-26(27(24)28)38-20-5-11-35-12-6-20/h3-4,7,13,15-16,18,20H,1-2,5-6,8-12,14H2,(H,32,33). The van der Waals surface area contributed by atoms with Gasteiger partial charge in [0.2, 0.25) is 0 Å². The number of anilines is 2. The second-order valence-corrected chi connectivity index (χ2v) is 10.1. The lowest BCUT2D eigenvalue weighted by atomic mass is 10.1. The van der Waals surface area contributed by atoms with Gasteiger partial charge in [-0.15, -0.1) is 0 Å². The molecule has 9 heteroatoms. The molecule has 6 rings (SSSR count). The Kier molecular flexibility index (Phi) is 7.23. The van der Waals surface area contributed by atoms with Gasteiger partial charge in [0.15, 0.2) is 0 Å². The van der Waals surface area contributed by atoms with Crippen molar-refractivity contribution in [2.45, 2.75) is 31.8 Å². The van der Waals surface area contributed by atoms with Gasteiger partial charge in [-0.05, 0) is 44.1 Å². The minimum Gasteiger partial charge on any atom is -0.492 e. The predicted molar refractivity (Wildman–Crippen MR) is 147 cm³/mol. The van der Waals surface area contributed by atoms with Crippen LogP contribution in [0.4, 0.5) is 11.4 Å². The van der Waals surface area contributed by atoms with E-state index in [2.05, 4.69) is 21.3 Å². The third-order valence-electron chi connectivity index (χ3n) is 7.20. The fourth-order valence-corrected chi connectivity index (χ4v) is 5.41. The molecule has 196 valence electrons. The molecular formula is C29H29ClN4O4. The summed E-state index contributed by atoms with van der Waals surface area (Å²) in [6, 6.07) is 11.5. The van der Waals surface area contributed by atoms with Gasteiger partial charge in [0.25, 0.3) is 0 Å². The molecule has 0 spiro atoms. The second-order valence-electron chi connectivity index (χ2n) is 9.68. The summed E-state index contributed by atoms with van der Waals surface area (Å²) in [7, 11) is 0. The maximum Gasteiger partial charge on any atom is 0.136 e. The minimum atomic E-state index is -0.00807. The molecule has 0 amide bonds. The third kappa shape index (κ3) is 5.10. The maximum absolute atomic E-state index is 10.0. The molecule has 2 saturated heterocycles. The van der Waals surface area contributed by atoms with E-state index in [1.807, 2.05) is 24.3 Å². The number of nitriles is 1. The van der Waals surface area contributed by atoms with E-state index in [0.29, 0.717) is 69.8 Å². The molecule has 2 aliphatic heterocycles. The van der Waals surface area contributed by atoms with E-state index in [9.17, 15) is 5.26 Å². The van der Waals surface area contributed by atoms with Gasteiger partial charge in [-0.3, -0.25) is 9.88 Å². The normalized spacial score (nSPS) is 16.6. The van der Waals surface area contributed by atoms with E-state index < -0.39 is 0 Å². The number of ether oxygens (including phenoxy) is 3. The van der Waals surface area contributed by atoms with Crippen LogP contribution >= 0.6 is 11.6 Å². The summed E-state index contributed by atoms with van der Waals surface area (Å²) in [5.41, 5.74) is 2.99. The number of pyridine rings is 1. The molecule has 4 aromatic rings. The summed E-state index contributed by atoms with van der Waals surface area (Å²) in [5.74, 6) is 1.31. The number of furan rings is 1. The number of nitrogens with one attached hydrogen (secondary N) is 1. The van der Waals surface area contributed by atoms with Crippen molar-refractivity contribution in [3.8, 4) is 17.6 Å². The van der Waals surface area contributed by atoms with E-state index in [0.717, 1.165) is 37.9 Å². The first kappa shape index (κ1) is 24.8. The molecule has 2 aromatic heterocycles. The lowest BCUT2D eigenvalue weighted by Crippen LogP contribution is -2.26. The van der Waals surface area contributed by atoms with Crippen molar-refractivity contribution in [1.82, 2.24) is 9.88 Å². The molecule has 1 N–H and O–H groups in total. The number of hydrogen-bond acceptors (Lipinski definition) is 8. The molecule has 0 saturated carbocycles. The molecule has 2 fully saturated rings. The number of halogens is 1. The third-order valence-corrected chi connectivity index (χ3v) is 7.51.